The fraction of sp³-hybridized carbons (Fsp3) is 0.500. The van der Waals surface area contributed by atoms with Crippen LogP contribution >= 0.6 is 15.9 Å². The third-order valence-corrected chi connectivity index (χ3v) is 4.94. The van der Waals surface area contributed by atoms with E-state index in [9.17, 15) is 9.59 Å². The minimum Gasteiger partial charge on any atom is -0.495 e. The first-order chi connectivity index (χ1) is 11.0. The van der Waals surface area contributed by atoms with Gasteiger partial charge in [0, 0.05) is 23.7 Å². The number of ether oxygens (including phenoxy) is 2. The van der Waals surface area contributed by atoms with E-state index in [1.165, 1.54) is 14.2 Å². The van der Waals surface area contributed by atoms with E-state index >= 15 is 0 Å². The van der Waals surface area contributed by atoms with Crippen LogP contribution in [0.3, 0.4) is 0 Å². The van der Waals surface area contributed by atoms with E-state index in [1.807, 2.05) is 0 Å². The molecule has 0 aromatic heterocycles. The van der Waals surface area contributed by atoms with E-state index < -0.39 is 5.97 Å². The van der Waals surface area contributed by atoms with Crippen LogP contribution in [0.1, 0.15) is 25.7 Å². The summed E-state index contributed by atoms with van der Waals surface area (Å²) in [6, 6.07) is 3.43. The zero-order valence-corrected chi connectivity index (χ0v) is 14.7. The van der Waals surface area contributed by atoms with Gasteiger partial charge in [0.2, 0.25) is 5.91 Å². The summed E-state index contributed by atoms with van der Waals surface area (Å²) in [7, 11) is 3.08. The van der Waals surface area contributed by atoms with Crippen LogP contribution in [0.5, 0.6) is 11.5 Å². The Morgan fingerprint density at radius 1 is 1.09 bits per heavy atom. The third-order valence-electron chi connectivity index (χ3n) is 4.16. The van der Waals surface area contributed by atoms with E-state index in [1.54, 1.807) is 12.1 Å². The number of carbonyl (C=O) groups is 2. The van der Waals surface area contributed by atoms with Crippen molar-refractivity contribution in [1.29, 1.82) is 0 Å². The first-order valence-corrected chi connectivity index (χ1v) is 8.20. The maximum atomic E-state index is 12.4. The van der Waals surface area contributed by atoms with Gasteiger partial charge in [-0.25, -0.2) is 0 Å². The van der Waals surface area contributed by atoms with Gasteiger partial charge in [-0.1, -0.05) is 0 Å². The normalized spacial score (nSPS) is 20.7. The minimum absolute atomic E-state index is 0.0970. The average Bonchev–Trinajstić information content (AvgIpc) is 2.56. The average molecular weight is 386 g/mol. The number of benzene rings is 1. The molecule has 23 heavy (non-hydrogen) atoms. The van der Waals surface area contributed by atoms with Crippen molar-refractivity contribution in [1.82, 2.24) is 0 Å². The molecule has 1 aliphatic rings. The molecular weight excluding hydrogens is 366 g/mol. The number of hydrogen-bond donors (Lipinski definition) is 2. The second-order valence-electron chi connectivity index (χ2n) is 5.57. The van der Waals surface area contributed by atoms with Gasteiger partial charge in [-0.15, -0.1) is 0 Å². The Balaban J connectivity index is 2.05. The fourth-order valence-electron chi connectivity index (χ4n) is 2.79. The summed E-state index contributed by atoms with van der Waals surface area (Å²) in [4.78, 5) is 23.3. The van der Waals surface area contributed by atoms with Crippen LogP contribution in [0, 0.1) is 11.8 Å². The number of aliphatic carboxylic acids is 1. The smallest absolute Gasteiger partial charge is 0.306 e. The van der Waals surface area contributed by atoms with E-state index in [0.717, 1.165) is 0 Å². The Morgan fingerprint density at radius 3 is 2.00 bits per heavy atom. The van der Waals surface area contributed by atoms with E-state index in [2.05, 4.69) is 21.2 Å². The standard InChI is InChI=1S/C16H20BrNO5/c1-22-12-7-11(8-13(23-2)14(12)17)18-15(19)9-3-5-10(6-4-9)16(20)21/h7-10H,3-6H2,1-2H3,(H,18,19)(H,20,21). The molecule has 2 N–H and O–H groups in total. The maximum absolute atomic E-state index is 12.4. The van der Waals surface area contributed by atoms with Crippen molar-refractivity contribution in [3.63, 3.8) is 0 Å². The molecule has 0 unspecified atom stereocenters. The summed E-state index contributed by atoms with van der Waals surface area (Å²) in [5.74, 6) is -0.229. The number of hydrogen-bond acceptors (Lipinski definition) is 4. The Bertz CT molecular complexity index is 571. The lowest BCUT2D eigenvalue weighted by Crippen LogP contribution is -2.29. The van der Waals surface area contributed by atoms with Crippen molar-refractivity contribution in [3.8, 4) is 11.5 Å². The molecule has 1 fully saturated rings. The number of anilines is 1. The zero-order valence-electron chi connectivity index (χ0n) is 13.1. The lowest BCUT2D eigenvalue weighted by molar-refractivity contribution is -0.143. The van der Waals surface area contributed by atoms with Gasteiger partial charge in [-0.2, -0.15) is 0 Å². The lowest BCUT2D eigenvalue weighted by atomic mass is 9.81. The molecule has 2 rings (SSSR count). The highest BCUT2D eigenvalue weighted by atomic mass is 79.9. The topological polar surface area (TPSA) is 84.9 Å². The van der Waals surface area contributed by atoms with Crippen LogP contribution in [-0.4, -0.2) is 31.2 Å². The Hall–Kier alpha value is -1.76. The van der Waals surface area contributed by atoms with Crippen molar-refractivity contribution in [2.45, 2.75) is 25.7 Å². The van der Waals surface area contributed by atoms with Crippen molar-refractivity contribution in [2.24, 2.45) is 11.8 Å². The van der Waals surface area contributed by atoms with Gasteiger partial charge in [0.15, 0.2) is 0 Å². The molecule has 0 atom stereocenters. The summed E-state index contributed by atoms with van der Waals surface area (Å²) >= 11 is 3.38. The second-order valence-corrected chi connectivity index (χ2v) is 6.36. The molecule has 0 saturated heterocycles. The van der Waals surface area contributed by atoms with Crippen molar-refractivity contribution in [3.05, 3.63) is 16.6 Å². The summed E-state index contributed by atoms with van der Waals surface area (Å²) in [5, 5.41) is 11.9. The van der Waals surface area contributed by atoms with Crippen LogP contribution in [0.2, 0.25) is 0 Å². The second kappa shape index (κ2) is 7.68. The van der Waals surface area contributed by atoms with Crippen LogP contribution in [-0.2, 0) is 9.59 Å². The first kappa shape index (κ1) is 17.6. The van der Waals surface area contributed by atoms with Crippen LogP contribution < -0.4 is 14.8 Å². The number of carboxylic acid groups (broad SMARTS) is 1. The number of rotatable bonds is 5. The predicted octanol–water partition coefficient (Wildman–Crippen LogP) is 3.30. The number of methoxy groups -OCH3 is 2. The molecule has 0 aliphatic heterocycles. The van der Waals surface area contributed by atoms with Crippen LogP contribution in [0.4, 0.5) is 5.69 Å². The van der Waals surface area contributed by atoms with Crippen LogP contribution in [0.25, 0.3) is 0 Å². The van der Waals surface area contributed by atoms with Gasteiger partial charge in [0.1, 0.15) is 16.0 Å². The minimum atomic E-state index is -0.772. The van der Waals surface area contributed by atoms with E-state index in [4.69, 9.17) is 14.6 Å². The molecule has 0 radical (unpaired) electrons. The molecule has 1 aromatic carbocycles. The summed E-state index contributed by atoms with van der Waals surface area (Å²) in [5.41, 5.74) is 0.590. The van der Waals surface area contributed by atoms with Gasteiger partial charge < -0.3 is 19.9 Å². The molecule has 7 heteroatoms. The molecule has 1 saturated carbocycles. The molecule has 6 nitrogen and oxygen atoms in total. The predicted molar refractivity (Wildman–Crippen MR) is 89.0 cm³/mol. The Morgan fingerprint density at radius 2 is 1.57 bits per heavy atom. The molecule has 1 amide bonds. The Kier molecular flexibility index (Phi) is 5.87. The fourth-order valence-corrected chi connectivity index (χ4v) is 3.34. The molecule has 0 spiro atoms. The summed E-state index contributed by atoms with van der Waals surface area (Å²) in [6.45, 7) is 0. The third kappa shape index (κ3) is 4.16. The van der Waals surface area contributed by atoms with Gasteiger partial charge >= 0.3 is 5.97 Å². The molecule has 126 valence electrons. The number of amides is 1. The van der Waals surface area contributed by atoms with Crippen molar-refractivity contribution < 1.29 is 24.2 Å². The highest BCUT2D eigenvalue weighted by Gasteiger charge is 2.29. The van der Waals surface area contributed by atoms with Gasteiger partial charge in [0.25, 0.3) is 0 Å². The number of carbonyl (C=O) groups excluding carboxylic acids is 1. The highest BCUT2D eigenvalue weighted by Crippen LogP contribution is 2.38. The van der Waals surface area contributed by atoms with Crippen molar-refractivity contribution in [2.75, 3.05) is 19.5 Å². The lowest BCUT2D eigenvalue weighted by Gasteiger charge is -2.25. The molecule has 1 aromatic rings. The first-order valence-electron chi connectivity index (χ1n) is 7.41. The van der Waals surface area contributed by atoms with Gasteiger partial charge in [-0.05, 0) is 41.6 Å². The molecule has 0 heterocycles. The SMILES string of the molecule is COc1cc(NC(=O)C2CCC(C(=O)O)CC2)cc(OC)c1Br. The van der Waals surface area contributed by atoms with Crippen LogP contribution in [0.15, 0.2) is 16.6 Å². The highest BCUT2D eigenvalue weighted by molar-refractivity contribution is 9.10. The van der Waals surface area contributed by atoms with Gasteiger partial charge in [-0.3, -0.25) is 9.59 Å². The maximum Gasteiger partial charge on any atom is 0.306 e. The largest absolute Gasteiger partial charge is 0.495 e. The van der Waals surface area contributed by atoms with Gasteiger partial charge in [0.05, 0.1) is 20.1 Å². The number of halogens is 1. The number of nitrogens with one attached hydrogen (secondary N) is 1. The summed E-state index contributed by atoms with van der Waals surface area (Å²) in [6.07, 6.45) is 2.27. The molecular formula is C16H20BrNO5. The van der Waals surface area contributed by atoms with E-state index in [-0.39, 0.29) is 17.7 Å². The zero-order chi connectivity index (χ0) is 17.0. The van der Waals surface area contributed by atoms with Crippen molar-refractivity contribution >= 4 is 33.5 Å². The number of carboxylic acids is 1. The van der Waals surface area contributed by atoms with E-state index in [0.29, 0.717) is 47.3 Å². The Labute approximate surface area is 143 Å². The quantitative estimate of drug-likeness (QED) is 0.811. The summed E-state index contributed by atoms with van der Waals surface area (Å²) < 4.78 is 11.2. The monoisotopic (exact) mass is 385 g/mol. The molecule has 1 aliphatic carbocycles. The molecule has 0 bridgehead atoms.